The monoisotopic (exact) mass is 216 g/mol. The predicted octanol–water partition coefficient (Wildman–Crippen LogP) is 1.31. The molecule has 3 N–H and O–H groups in total. The van der Waals surface area contributed by atoms with E-state index in [0.29, 0.717) is 12.5 Å². The number of aliphatic hydroxyl groups excluding tert-OH is 1. The lowest BCUT2D eigenvalue weighted by atomic mass is 9.92. The van der Waals surface area contributed by atoms with Gasteiger partial charge in [-0.1, -0.05) is 27.7 Å². The summed E-state index contributed by atoms with van der Waals surface area (Å²) < 4.78 is 0. The van der Waals surface area contributed by atoms with Gasteiger partial charge >= 0.3 is 0 Å². The minimum Gasteiger partial charge on any atom is -0.396 e. The lowest BCUT2D eigenvalue weighted by Gasteiger charge is -2.33. The van der Waals surface area contributed by atoms with E-state index in [4.69, 9.17) is 10.8 Å². The Hall–Kier alpha value is -0.120. The van der Waals surface area contributed by atoms with Crippen LogP contribution in [0.15, 0.2) is 0 Å². The molecule has 0 bridgehead atoms. The van der Waals surface area contributed by atoms with Crippen molar-refractivity contribution in [1.82, 2.24) is 4.90 Å². The normalized spacial score (nSPS) is 14.6. The van der Waals surface area contributed by atoms with Crippen LogP contribution in [0.2, 0.25) is 0 Å². The molecule has 0 heterocycles. The van der Waals surface area contributed by atoms with E-state index in [-0.39, 0.29) is 12.0 Å². The van der Waals surface area contributed by atoms with Crippen LogP contribution in [-0.4, -0.2) is 42.8 Å². The molecule has 0 amide bonds. The zero-order chi connectivity index (χ0) is 11.9. The number of hydrogen-bond donors (Lipinski definition) is 2. The maximum Gasteiger partial charge on any atom is 0.0468 e. The van der Waals surface area contributed by atoms with E-state index in [1.165, 1.54) is 0 Å². The molecule has 0 aromatic rings. The highest BCUT2D eigenvalue weighted by molar-refractivity contribution is 4.75. The third-order valence-electron chi connectivity index (χ3n) is 2.63. The van der Waals surface area contributed by atoms with Crippen LogP contribution in [0.25, 0.3) is 0 Å². The van der Waals surface area contributed by atoms with Crippen LogP contribution >= 0.6 is 0 Å². The molecule has 0 rings (SSSR count). The summed E-state index contributed by atoms with van der Waals surface area (Å²) in [6.07, 6.45) is 1.15. The van der Waals surface area contributed by atoms with Crippen LogP contribution in [0.1, 0.15) is 34.1 Å². The van der Waals surface area contributed by atoms with Crippen molar-refractivity contribution in [3.05, 3.63) is 0 Å². The topological polar surface area (TPSA) is 49.5 Å². The van der Waals surface area contributed by atoms with Gasteiger partial charge in [0.15, 0.2) is 0 Å². The van der Waals surface area contributed by atoms with Crippen molar-refractivity contribution >= 4 is 0 Å². The van der Waals surface area contributed by atoms with Crippen molar-refractivity contribution < 1.29 is 5.11 Å². The maximum atomic E-state index is 9.06. The second kappa shape index (κ2) is 7.20. The molecular weight excluding hydrogens is 188 g/mol. The quantitative estimate of drug-likeness (QED) is 0.643. The van der Waals surface area contributed by atoms with Gasteiger partial charge in [-0.3, -0.25) is 0 Å². The van der Waals surface area contributed by atoms with Crippen LogP contribution in [0.5, 0.6) is 0 Å². The lowest BCUT2D eigenvalue weighted by Crippen LogP contribution is -2.41. The van der Waals surface area contributed by atoms with E-state index in [0.717, 1.165) is 26.1 Å². The molecule has 0 aliphatic heterocycles. The first-order valence-electron chi connectivity index (χ1n) is 5.98. The molecular formula is C12H28N2O. The van der Waals surface area contributed by atoms with Crippen molar-refractivity contribution in [3.63, 3.8) is 0 Å². The van der Waals surface area contributed by atoms with Gasteiger partial charge in [0, 0.05) is 19.7 Å². The Morgan fingerprint density at radius 2 is 2.00 bits per heavy atom. The van der Waals surface area contributed by atoms with Gasteiger partial charge in [-0.05, 0) is 30.8 Å². The zero-order valence-corrected chi connectivity index (χ0v) is 10.8. The Labute approximate surface area is 94.6 Å². The molecule has 0 saturated carbocycles. The van der Waals surface area contributed by atoms with Crippen LogP contribution in [0.4, 0.5) is 0 Å². The van der Waals surface area contributed by atoms with E-state index in [1.54, 1.807) is 0 Å². The van der Waals surface area contributed by atoms with Gasteiger partial charge in [-0.25, -0.2) is 0 Å². The molecule has 0 spiro atoms. The van der Waals surface area contributed by atoms with Crippen molar-refractivity contribution in [2.45, 2.75) is 34.1 Å². The first kappa shape index (κ1) is 14.9. The highest BCUT2D eigenvalue weighted by Crippen LogP contribution is 2.16. The zero-order valence-electron chi connectivity index (χ0n) is 10.8. The molecule has 0 aliphatic carbocycles. The number of nitrogens with zero attached hydrogens (tertiary/aromatic N) is 1. The van der Waals surface area contributed by atoms with Gasteiger partial charge in [0.25, 0.3) is 0 Å². The summed E-state index contributed by atoms with van der Waals surface area (Å²) in [7, 11) is 0. The molecule has 1 unspecified atom stereocenters. The van der Waals surface area contributed by atoms with Crippen LogP contribution in [0, 0.1) is 11.3 Å². The molecule has 15 heavy (non-hydrogen) atoms. The molecule has 0 aromatic carbocycles. The van der Waals surface area contributed by atoms with Gasteiger partial charge in [-0.15, -0.1) is 0 Å². The Bertz CT molecular complexity index is 160. The Balaban J connectivity index is 4.14. The van der Waals surface area contributed by atoms with Gasteiger partial charge < -0.3 is 15.7 Å². The summed E-state index contributed by atoms with van der Waals surface area (Å²) in [5, 5.41) is 9.06. The smallest absolute Gasteiger partial charge is 0.0468 e. The predicted molar refractivity (Wildman–Crippen MR) is 65.8 cm³/mol. The Kier molecular flexibility index (Phi) is 7.14. The van der Waals surface area contributed by atoms with Crippen molar-refractivity contribution in [2.75, 3.05) is 32.8 Å². The van der Waals surface area contributed by atoms with Crippen LogP contribution < -0.4 is 5.73 Å². The first-order valence-corrected chi connectivity index (χ1v) is 5.98. The van der Waals surface area contributed by atoms with E-state index < -0.39 is 0 Å². The van der Waals surface area contributed by atoms with Crippen molar-refractivity contribution in [2.24, 2.45) is 17.1 Å². The minimum atomic E-state index is 0.171. The molecule has 0 fully saturated rings. The fourth-order valence-corrected chi connectivity index (χ4v) is 1.72. The minimum absolute atomic E-state index is 0.171. The summed E-state index contributed by atoms with van der Waals surface area (Å²) in [6, 6.07) is 0. The van der Waals surface area contributed by atoms with Gasteiger partial charge in [0.05, 0.1) is 0 Å². The Morgan fingerprint density at radius 1 is 1.40 bits per heavy atom. The number of rotatable bonds is 8. The number of hydrogen-bond acceptors (Lipinski definition) is 3. The largest absolute Gasteiger partial charge is 0.396 e. The summed E-state index contributed by atoms with van der Waals surface area (Å²) >= 11 is 0. The number of aliphatic hydroxyl groups is 1. The maximum absolute atomic E-state index is 9.06. The lowest BCUT2D eigenvalue weighted by molar-refractivity contribution is 0.135. The Morgan fingerprint density at radius 3 is 2.40 bits per heavy atom. The molecule has 3 heteroatoms. The second-order valence-corrected chi connectivity index (χ2v) is 5.39. The average Bonchev–Trinajstić information content (AvgIpc) is 2.17. The van der Waals surface area contributed by atoms with Crippen molar-refractivity contribution in [1.29, 1.82) is 0 Å². The SMILES string of the molecule is CCCN(CC(C)CO)CC(C)(C)CN. The molecule has 92 valence electrons. The third kappa shape index (κ3) is 6.88. The highest BCUT2D eigenvalue weighted by Gasteiger charge is 2.20. The number of nitrogens with two attached hydrogens (primary N) is 1. The van der Waals surface area contributed by atoms with Gasteiger partial charge in [-0.2, -0.15) is 0 Å². The molecule has 0 radical (unpaired) electrons. The molecule has 0 aromatic heterocycles. The molecule has 3 nitrogen and oxygen atoms in total. The molecule has 0 saturated heterocycles. The second-order valence-electron chi connectivity index (χ2n) is 5.39. The fourth-order valence-electron chi connectivity index (χ4n) is 1.72. The average molecular weight is 216 g/mol. The fraction of sp³-hybridized carbons (Fsp3) is 1.00. The van der Waals surface area contributed by atoms with Gasteiger partial charge in [0.1, 0.15) is 0 Å². The van der Waals surface area contributed by atoms with Crippen molar-refractivity contribution in [3.8, 4) is 0 Å². The summed E-state index contributed by atoms with van der Waals surface area (Å²) in [4.78, 5) is 2.41. The summed E-state index contributed by atoms with van der Waals surface area (Å²) in [5.41, 5.74) is 5.91. The highest BCUT2D eigenvalue weighted by atomic mass is 16.3. The molecule has 1 atom stereocenters. The third-order valence-corrected chi connectivity index (χ3v) is 2.63. The van der Waals surface area contributed by atoms with Crippen LogP contribution in [0.3, 0.4) is 0 Å². The molecule has 0 aliphatic rings. The van der Waals surface area contributed by atoms with Gasteiger partial charge in [0.2, 0.25) is 0 Å². The first-order chi connectivity index (χ1) is 6.95. The van der Waals surface area contributed by atoms with E-state index in [2.05, 4.69) is 32.6 Å². The van der Waals surface area contributed by atoms with Crippen LogP contribution in [-0.2, 0) is 0 Å². The summed E-state index contributed by atoms with van der Waals surface area (Å²) in [6.45, 7) is 12.7. The van der Waals surface area contributed by atoms with E-state index >= 15 is 0 Å². The van der Waals surface area contributed by atoms with E-state index in [1.807, 2.05) is 0 Å². The summed E-state index contributed by atoms with van der Waals surface area (Å²) in [5.74, 6) is 0.352. The standard InChI is InChI=1S/C12H28N2O/c1-5-6-14(7-11(2)8-15)10-12(3,4)9-13/h11,15H,5-10,13H2,1-4H3. The van der Waals surface area contributed by atoms with E-state index in [9.17, 15) is 0 Å².